The molecule has 0 spiro atoms. The first-order valence-corrected chi connectivity index (χ1v) is 19.6. The number of alkyl carbamates (subject to hydrolysis) is 2. The monoisotopic (exact) mass is 763 g/mol. The van der Waals surface area contributed by atoms with Crippen LogP contribution in [0.2, 0.25) is 0 Å². The van der Waals surface area contributed by atoms with Crippen LogP contribution >= 0.6 is 0 Å². The molecule has 2 amide bonds. The summed E-state index contributed by atoms with van der Waals surface area (Å²) in [6.07, 6.45) is -1.15. The van der Waals surface area contributed by atoms with E-state index in [4.69, 9.17) is 33.2 Å². The number of carbonyl (C=O) groups is 2. The topological polar surface area (TPSA) is 180 Å². The molecule has 2 aromatic carbocycles. The number of aliphatic hydroxyl groups excluding tert-OH is 1. The zero-order valence-electron chi connectivity index (χ0n) is 31.1. The molecular weight excluding hydrogens is 710 g/mol. The van der Waals surface area contributed by atoms with Gasteiger partial charge in [0.05, 0.1) is 42.8 Å². The van der Waals surface area contributed by atoms with Crippen molar-refractivity contribution in [2.75, 3.05) is 46.2 Å². The molecule has 3 N–H and O–H groups in total. The number of nitrogens with zero attached hydrogens (tertiary/aromatic N) is 1. The van der Waals surface area contributed by atoms with Crippen molar-refractivity contribution in [3.63, 3.8) is 0 Å². The van der Waals surface area contributed by atoms with Crippen LogP contribution < -0.4 is 24.8 Å². The Bertz CT molecular complexity index is 1630. The Morgan fingerprint density at radius 2 is 1.75 bits per heavy atom. The van der Waals surface area contributed by atoms with E-state index < -0.39 is 52.4 Å². The van der Waals surface area contributed by atoms with Crippen LogP contribution in [0.1, 0.15) is 59.4 Å². The van der Waals surface area contributed by atoms with Crippen LogP contribution in [-0.2, 0) is 35.4 Å². The number of amides is 2. The van der Waals surface area contributed by atoms with Gasteiger partial charge in [-0.05, 0) is 82.2 Å². The molecule has 0 radical (unpaired) electrons. The molecule has 16 heteroatoms. The Kier molecular flexibility index (Phi) is 13.7. The smallest absolute Gasteiger partial charge is 0.407 e. The zero-order valence-corrected chi connectivity index (χ0v) is 31.9. The Labute approximate surface area is 311 Å². The standard InChI is InChI=1S/C37H53N3O12S/c1-24(2)20-40(53(44,45)27-12-13-31-32(19-27)50-23-49-31)21-30(41)29(39-36(43)51-33-22-48-34-28(33)14-17-47-34)18-25-8-10-26(11-9-25)46-16-7-6-15-38-35(42)52-37(3,4)5/h8-13,19,24,28-30,33-34,41H,6-7,14-18,20-23H2,1-5H3,(H,38,42)(H,39,43)/t28?,29-,30+,33?,34?/m0/s1. The molecule has 0 bridgehead atoms. The SMILES string of the molecule is CC(C)CN(C[C@@H](O)[C@H](Cc1ccc(OCCCCNC(=O)OC(C)(C)C)cc1)NC(=O)OC1COC2OCCC12)S(=O)(=O)c1ccc2c(c1)OCO2. The molecule has 3 aliphatic rings. The van der Waals surface area contributed by atoms with Crippen molar-refractivity contribution in [1.29, 1.82) is 0 Å². The first-order chi connectivity index (χ1) is 25.2. The van der Waals surface area contributed by atoms with E-state index in [-0.39, 0.29) is 49.6 Å². The largest absolute Gasteiger partial charge is 0.494 e. The molecule has 15 nitrogen and oxygen atoms in total. The quantitative estimate of drug-likeness (QED) is 0.196. The third kappa shape index (κ3) is 11.6. The summed E-state index contributed by atoms with van der Waals surface area (Å²) >= 11 is 0. The van der Waals surface area contributed by atoms with Crippen LogP contribution in [0.5, 0.6) is 17.2 Å². The van der Waals surface area contributed by atoms with Gasteiger partial charge in [0, 0.05) is 25.7 Å². The van der Waals surface area contributed by atoms with Gasteiger partial charge < -0.3 is 48.9 Å². The molecule has 294 valence electrons. The molecule has 0 aliphatic carbocycles. The number of rotatable bonds is 17. The summed E-state index contributed by atoms with van der Waals surface area (Å²) in [5, 5.41) is 17.2. The van der Waals surface area contributed by atoms with Gasteiger partial charge in [-0.15, -0.1) is 0 Å². The highest BCUT2D eigenvalue weighted by Gasteiger charge is 2.44. The predicted molar refractivity (Wildman–Crippen MR) is 192 cm³/mol. The second kappa shape index (κ2) is 18.0. The third-order valence-corrected chi connectivity index (χ3v) is 10.7. The van der Waals surface area contributed by atoms with Crippen molar-refractivity contribution in [3.05, 3.63) is 48.0 Å². The van der Waals surface area contributed by atoms with Gasteiger partial charge in [0.15, 0.2) is 17.8 Å². The maximum absolute atomic E-state index is 13.9. The van der Waals surface area contributed by atoms with Gasteiger partial charge in [0.2, 0.25) is 16.8 Å². The molecule has 3 heterocycles. The molecule has 2 fully saturated rings. The Hall–Kier alpha value is -3.83. The van der Waals surface area contributed by atoms with Gasteiger partial charge in [-0.2, -0.15) is 4.31 Å². The van der Waals surface area contributed by atoms with Gasteiger partial charge in [0.25, 0.3) is 0 Å². The molecule has 0 aromatic heterocycles. The molecule has 5 atom stereocenters. The van der Waals surface area contributed by atoms with Crippen LogP contribution in [0, 0.1) is 11.8 Å². The minimum Gasteiger partial charge on any atom is -0.494 e. The second-order valence-electron chi connectivity index (χ2n) is 14.9. The highest BCUT2D eigenvalue weighted by molar-refractivity contribution is 7.89. The minimum absolute atomic E-state index is 0.000311. The molecule has 0 saturated carbocycles. The first-order valence-electron chi connectivity index (χ1n) is 18.1. The van der Waals surface area contributed by atoms with E-state index >= 15 is 0 Å². The number of nitrogens with one attached hydrogen (secondary N) is 2. The van der Waals surface area contributed by atoms with E-state index in [2.05, 4.69) is 10.6 Å². The van der Waals surface area contributed by atoms with E-state index in [1.54, 1.807) is 18.2 Å². The van der Waals surface area contributed by atoms with Crippen LogP contribution in [0.4, 0.5) is 9.59 Å². The summed E-state index contributed by atoms with van der Waals surface area (Å²) in [4.78, 5) is 25.1. The Morgan fingerprint density at radius 1 is 1.00 bits per heavy atom. The van der Waals surface area contributed by atoms with Crippen LogP contribution in [0.25, 0.3) is 0 Å². The number of fused-ring (bicyclic) bond motifs is 2. The Balaban J connectivity index is 1.23. The van der Waals surface area contributed by atoms with Crippen LogP contribution in [0.15, 0.2) is 47.4 Å². The van der Waals surface area contributed by atoms with E-state index in [0.29, 0.717) is 56.3 Å². The molecule has 2 aromatic rings. The number of benzene rings is 2. The van der Waals surface area contributed by atoms with Gasteiger partial charge in [0.1, 0.15) is 17.5 Å². The number of sulfonamides is 1. The zero-order chi connectivity index (χ0) is 38.2. The second-order valence-corrected chi connectivity index (χ2v) is 16.8. The van der Waals surface area contributed by atoms with Gasteiger partial charge in [-0.1, -0.05) is 26.0 Å². The maximum Gasteiger partial charge on any atom is 0.407 e. The number of unbranched alkanes of at least 4 members (excludes halogenated alkanes) is 1. The Morgan fingerprint density at radius 3 is 2.49 bits per heavy atom. The van der Waals surface area contributed by atoms with Crippen molar-refractivity contribution < 1.29 is 56.3 Å². The highest BCUT2D eigenvalue weighted by atomic mass is 32.2. The summed E-state index contributed by atoms with van der Waals surface area (Å²) < 4.78 is 67.9. The fraction of sp³-hybridized carbons (Fsp3) is 0.622. The lowest BCUT2D eigenvalue weighted by atomic mass is 10.0. The van der Waals surface area contributed by atoms with E-state index in [1.807, 2.05) is 46.8 Å². The number of hydrogen-bond donors (Lipinski definition) is 3. The highest BCUT2D eigenvalue weighted by Crippen LogP contribution is 2.35. The normalized spacial score (nSPS) is 20.6. The fourth-order valence-electron chi connectivity index (χ4n) is 6.25. The summed E-state index contributed by atoms with van der Waals surface area (Å²) in [5.41, 5.74) is 0.214. The van der Waals surface area contributed by atoms with Crippen LogP contribution in [0.3, 0.4) is 0 Å². The summed E-state index contributed by atoms with van der Waals surface area (Å²) in [5.74, 6) is 1.26. The average molecular weight is 764 g/mol. The van der Waals surface area contributed by atoms with Crippen molar-refractivity contribution in [3.8, 4) is 17.2 Å². The maximum atomic E-state index is 13.9. The number of ether oxygens (including phenoxy) is 7. The first kappa shape index (κ1) is 40.4. The van der Waals surface area contributed by atoms with Gasteiger partial charge in [-0.3, -0.25) is 0 Å². The summed E-state index contributed by atoms with van der Waals surface area (Å²) in [6, 6.07) is 10.7. The van der Waals surface area contributed by atoms with Crippen molar-refractivity contribution in [1.82, 2.24) is 14.9 Å². The number of hydrogen-bond acceptors (Lipinski definition) is 12. The molecular formula is C37H53N3O12S. The third-order valence-electron chi connectivity index (χ3n) is 8.84. The van der Waals surface area contributed by atoms with Crippen LogP contribution in [-0.4, -0.2) is 106 Å². The number of aliphatic hydroxyl groups is 1. The van der Waals surface area contributed by atoms with Crippen molar-refractivity contribution in [2.24, 2.45) is 11.8 Å². The lowest BCUT2D eigenvalue weighted by molar-refractivity contribution is -0.0907. The van der Waals surface area contributed by atoms with E-state index in [1.165, 1.54) is 16.4 Å². The van der Waals surface area contributed by atoms with Crippen molar-refractivity contribution >= 4 is 22.2 Å². The molecule has 5 rings (SSSR count). The molecule has 3 unspecified atom stereocenters. The summed E-state index contributed by atoms with van der Waals surface area (Å²) in [7, 11) is -4.09. The minimum atomic E-state index is -4.09. The molecule has 53 heavy (non-hydrogen) atoms. The fourth-order valence-corrected chi connectivity index (χ4v) is 7.89. The van der Waals surface area contributed by atoms with E-state index in [9.17, 15) is 23.1 Å². The van der Waals surface area contributed by atoms with Gasteiger partial charge in [-0.25, -0.2) is 18.0 Å². The summed E-state index contributed by atoms with van der Waals surface area (Å²) in [6.45, 7) is 10.6. The van der Waals surface area contributed by atoms with Gasteiger partial charge >= 0.3 is 12.2 Å². The lowest BCUT2D eigenvalue weighted by Gasteiger charge is -2.31. The molecule has 2 saturated heterocycles. The predicted octanol–water partition coefficient (Wildman–Crippen LogP) is 4.21. The lowest BCUT2D eigenvalue weighted by Crippen LogP contribution is -2.51. The van der Waals surface area contributed by atoms with Crippen molar-refractivity contribution in [2.45, 2.75) is 95.3 Å². The number of carbonyl (C=O) groups excluding carboxylic acids is 2. The van der Waals surface area contributed by atoms with E-state index in [0.717, 1.165) is 5.56 Å². The average Bonchev–Trinajstić information content (AvgIpc) is 3.84. The molecule has 3 aliphatic heterocycles.